The summed E-state index contributed by atoms with van der Waals surface area (Å²) in [5, 5.41) is 51.6. The van der Waals surface area contributed by atoms with E-state index >= 15 is 0 Å². The van der Waals surface area contributed by atoms with Gasteiger partial charge in [0.2, 0.25) is 0 Å². The number of hydrogen-bond acceptors (Lipinski definition) is 6. The van der Waals surface area contributed by atoms with E-state index in [-0.39, 0.29) is 6.04 Å². The average molecular weight is 261 g/mol. The Morgan fingerprint density at radius 3 is 1.56 bits per heavy atom. The second kappa shape index (κ2) is 5.81. The first-order valence-electron chi connectivity index (χ1n) is 6.68. The van der Waals surface area contributed by atoms with Crippen LogP contribution in [0.2, 0.25) is 0 Å². The molecule has 2 saturated carbocycles. The van der Waals surface area contributed by atoms with Gasteiger partial charge < -0.3 is 30.8 Å². The molecule has 6 nitrogen and oxygen atoms in total. The van der Waals surface area contributed by atoms with E-state index < -0.39 is 36.6 Å². The highest BCUT2D eigenvalue weighted by Crippen LogP contribution is 2.24. The van der Waals surface area contributed by atoms with Crippen LogP contribution in [0.3, 0.4) is 0 Å². The summed E-state index contributed by atoms with van der Waals surface area (Å²) >= 11 is 0. The number of aliphatic hydroxyl groups is 5. The van der Waals surface area contributed by atoms with Crippen molar-refractivity contribution in [3.05, 3.63) is 0 Å². The van der Waals surface area contributed by atoms with Gasteiger partial charge in [-0.15, -0.1) is 0 Å². The molecule has 0 aromatic rings. The number of nitrogens with one attached hydrogen (secondary N) is 1. The highest BCUT2D eigenvalue weighted by molar-refractivity contribution is 5.03. The maximum Gasteiger partial charge on any atom is 0.111 e. The van der Waals surface area contributed by atoms with Crippen LogP contribution in [0.5, 0.6) is 0 Å². The third-order valence-electron chi connectivity index (χ3n) is 4.17. The zero-order valence-electron chi connectivity index (χ0n) is 10.3. The van der Waals surface area contributed by atoms with Gasteiger partial charge in [-0.1, -0.05) is 19.3 Å². The average Bonchev–Trinajstić information content (AvgIpc) is 2.40. The summed E-state index contributed by atoms with van der Waals surface area (Å²) in [6.07, 6.45) is -1.63. The molecule has 0 saturated heterocycles. The smallest absolute Gasteiger partial charge is 0.111 e. The zero-order chi connectivity index (χ0) is 13.3. The Hall–Kier alpha value is -0.240. The van der Waals surface area contributed by atoms with Crippen molar-refractivity contribution >= 4 is 0 Å². The van der Waals surface area contributed by atoms with Crippen molar-refractivity contribution in [3.8, 4) is 0 Å². The van der Waals surface area contributed by atoms with Crippen LogP contribution < -0.4 is 5.32 Å². The van der Waals surface area contributed by atoms with Crippen molar-refractivity contribution in [2.24, 2.45) is 0 Å². The lowest BCUT2D eigenvalue weighted by atomic mass is 9.82. The first-order valence-corrected chi connectivity index (χ1v) is 6.68. The molecule has 2 fully saturated rings. The predicted octanol–water partition coefficient (Wildman–Crippen LogP) is -1.90. The van der Waals surface area contributed by atoms with E-state index in [2.05, 4.69) is 5.32 Å². The SMILES string of the molecule is O[C@@H]1[C@@H](O)[C@H](O)[C@@H](NC2CCCCC2)[C@@H](O)[C@H]1O. The Labute approximate surface area is 106 Å². The Morgan fingerprint density at radius 1 is 0.611 bits per heavy atom. The van der Waals surface area contributed by atoms with Crippen LogP contribution in [0.4, 0.5) is 0 Å². The Bertz CT molecular complexity index is 255. The van der Waals surface area contributed by atoms with Crippen LogP contribution in [0.15, 0.2) is 0 Å². The van der Waals surface area contributed by atoms with E-state index in [1.165, 1.54) is 6.42 Å². The van der Waals surface area contributed by atoms with Gasteiger partial charge in [-0.05, 0) is 12.8 Å². The molecule has 0 radical (unpaired) electrons. The highest BCUT2D eigenvalue weighted by Gasteiger charge is 2.48. The molecule has 2 aliphatic rings. The summed E-state index contributed by atoms with van der Waals surface area (Å²) < 4.78 is 0. The van der Waals surface area contributed by atoms with Crippen LogP contribution >= 0.6 is 0 Å². The fourth-order valence-corrected chi connectivity index (χ4v) is 2.97. The molecule has 2 rings (SSSR count). The van der Waals surface area contributed by atoms with E-state index in [0.717, 1.165) is 25.7 Å². The Balaban J connectivity index is 2.00. The molecule has 6 atom stereocenters. The zero-order valence-corrected chi connectivity index (χ0v) is 10.3. The normalized spacial score (nSPS) is 47.2. The first-order chi connectivity index (χ1) is 8.52. The van der Waals surface area contributed by atoms with E-state index in [4.69, 9.17) is 0 Å². The molecule has 0 amide bonds. The lowest BCUT2D eigenvalue weighted by Crippen LogP contribution is -2.68. The van der Waals surface area contributed by atoms with Gasteiger partial charge >= 0.3 is 0 Å². The predicted molar refractivity (Wildman–Crippen MR) is 63.8 cm³/mol. The molecule has 0 heterocycles. The molecule has 0 aliphatic heterocycles. The molecule has 0 spiro atoms. The van der Waals surface area contributed by atoms with Crippen molar-refractivity contribution in [3.63, 3.8) is 0 Å². The minimum Gasteiger partial charge on any atom is -0.389 e. The lowest BCUT2D eigenvalue weighted by molar-refractivity contribution is -0.191. The summed E-state index contributed by atoms with van der Waals surface area (Å²) in [6, 6.07) is -0.621. The standard InChI is InChI=1S/C12H23NO5/c14-8-7(13-6-4-2-1-3-5-6)9(15)11(17)12(18)10(8)16/h6-18H,1-5H2/t7-,8-,9-,10+,11-,12-/m1/s1. The van der Waals surface area contributed by atoms with Crippen molar-refractivity contribution in [1.29, 1.82) is 0 Å². The second-order valence-corrected chi connectivity index (χ2v) is 5.48. The molecule has 0 aromatic heterocycles. The van der Waals surface area contributed by atoms with Crippen LogP contribution in [-0.2, 0) is 0 Å². The van der Waals surface area contributed by atoms with Gasteiger partial charge in [-0.3, -0.25) is 0 Å². The number of aliphatic hydroxyl groups excluding tert-OH is 5. The van der Waals surface area contributed by atoms with E-state index in [0.29, 0.717) is 0 Å². The quantitative estimate of drug-likeness (QED) is 0.346. The fourth-order valence-electron chi connectivity index (χ4n) is 2.97. The summed E-state index contributed by atoms with van der Waals surface area (Å²) in [5.41, 5.74) is 0. The molecule has 0 unspecified atom stereocenters. The summed E-state index contributed by atoms with van der Waals surface area (Å²) in [6.45, 7) is 0. The molecule has 0 bridgehead atoms. The Kier molecular flexibility index (Phi) is 4.58. The molecular weight excluding hydrogens is 238 g/mol. The third-order valence-corrected chi connectivity index (χ3v) is 4.17. The van der Waals surface area contributed by atoms with E-state index in [9.17, 15) is 25.5 Å². The lowest BCUT2D eigenvalue weighted by Gasteiger charge is -2.44. The van der Waals surface area contributed by atoms with Crippen molar-refractivity contribution in [2.45, 2.75) is 74.7 Å². The second-order valence-electron chi connectivity index (χ2n) is 5.48. The maximum atomic E-state index is 9.88. The van der Waals surface area contributed by atoms with Gasteiger partial charge in [0, 0.05) is 6.04 Å². The highest BCUT2D eigenvalue weighted by atomic mass is 16.4. The summed E-state index contributed by atoms with van der Waals surface area (Å²) in [7, 11) is 0. The van der Waals surface area contributed by atoms with Crippen LogP contribution in [0, 0.1) is 0 Å². The monoisotopic (exact) mass is 261 g/mol. The van der Waals surface area contributed by atoms with Crippen molar-refractivity contribution in [1.82, 2.24) is 5.32 Å². The van der Waals surface area contributed by atoms with Crippen LogP contribution in [0.1, 0.15) is 32.1 Å². The molecule has 2 aliphatic carbocycles. The fraction of sp³-hybridized carbons (Fsp3) is 1.00. The van der Waals surface area contributed by atoms with Gasteiger partial charge in [0.05, 0.1) is 6.04 Å². The minimum absolute atomic E-state index is 0.183. The van der Waals surface area contributed by atoms with Crippen LogP contribution in [-0.4, -0.2) is 68.1 Å². The molecular formula is C12H23NO5. The summed E-state index contributed by atoms with van der Waals surface area (Å²) in [5.74, 6) is 0. The molecule has 18 heavy (non-hydrogen) atoms. The van der Waals surface area contributed by atoms with Crippen LogP contribution in [0.25, 0.3) is 0 Å². The van der Waals surface area contributed by atoms with Gasteiger partial charge in [0.1, 0.15) is 30.5 Å². The van der Waals surface area contributed by atoms with Gasteiger partial charge in [0.25, 0.3) is 0 Å². The summed E-state index contributed by atoms with van der Waals surface area (Å²) in [4.78, 5) is 0. The molecule has 0 aromatic carbocycles. The molecule has 6 heteroatoms. The van der Waals surface area contributed by atoms with Crippen molar-refractivity contribution in [2.75, 3.05) is 0 Å². The first kappa shape index (κ1) is 14.2. The number of hydrogen-bond donors (Lipinski definition) is 6. The van der Waals surface area contributed by atoms with Gasteiger partial charge in [-0.25, -0.2) is 0 Å². The topological polar surface area (TPSA) is 113 Å². The Morgan fingerprint density at radius 2 is 1.06 bits per heavy atom. The van der Waals surface area contributed by atoms with Gasteiger partial charge in [-0.2, -0.15) is 0 Å². The van der Waals surface area contributed by atoms with E-state index in [1.807, 2.05) is 0 Å². The minimum atomic E-state index is -1.51. The number of rotatable bonds is 2. The van der Waals surface area contributed by atoms with Gasteiger partial charge in [0.15, 0.2) is 0 Å². The van der Waals surface area contributed by atoms with Crippen molar-refractivity contribution < 1.29 is 25.5 Å². The largest absolute Gasteiger partial charge is 0.389 e. The maximum absolute atomic E-state index is 9.88. The molecule has 106 valence electrons. The van der Waals surface area contributed by atoms with E-state index in [1.54, 1.807) is 0 Å². The molecule has 6 N–H and O–H groups in total. The third kappa shape index (κ3) is 2.68.